The number of anilines is 4. The smallest absolute Gasteiger partial charge is 0.227 e. The fraction of sp³-hybridized carbons (Fsp3) is 0.261. The fourth-order valence-electron chi connectivity index (χ4n) is 3.26. The molecule has 1 fully saturated rings. The van der Waals surface area contributed by atoms with Crippen LogP contribution in [-0.4, -0.2) is 42.2 Å². The maximum atomic E-state index is 11.5. The van der Waals surface area contributed by atoms with Gasteiger partial charge in [-0.3, -0.25) is 4.79 Å². The number of ether oxygens (including phenoxy) is 1. The summed E-state index contributed by atoms with van der Waals surface area (Å²) in [5.74, 6) is 0.533. The van der Waals surface area contributed by atoms with Crippen LogP contribution in [0.3, 0.4) is 0 Å². The van der Waals surface area contributed by atoms with Crippen molar-refractivity contribution in [2.24, 2.45) is 0 Å². The third-order valence-corrected chi connectivity index (χ3v) is 4.94. The van der Waals surface area contributed by atoms with Crippen molar-refractivity contribution in [1.82, 2.24) is 9.97 Å². The number of nitrogens with one attached hydrogen (secondary N) is 2. The predicted molar refractivity (Wildman–Crippen MR) is 119 cm³/mol. The van der Waals surface area contributed by atoms with E-state index in [1.807, 2.05) is 49.4 Å². The Bertz CT molecular complexity index is 983. The maximum absolute atomic E-state index is 11.5. The van der Waals surface area contributed by atoms with Gasteiger partial charge in [0.05, 0.1) is 18.9 Å². The van der Waals surface area contributed by atoms with E-state index in [1.165, 1.54) is 5.69 Å². The van der Waals surface area contributed by atoms with Crippen molar-refractivity contribution in [1.29, 1.82) is 0 Å². The minimum absolute atomic E-state index is 0.00379. The summed E-state index contributed by atoms with van der Waals surface area (Å²) in [5, 5.41) is 6.11. The van der Waals surface area contributed by atoms with Gasteiger partial charge in [0.1, 0.15) is 0 Å². The maximum Gasteiger partial charge on any atom is 0.227 e. The number of carbonyl (C=O) groups excluding carboxylic acids is 1. The highest BCUT2D eigenvalue weighted by Gasteiger charge is 2.11. The van der Waals surface area contributed by atoms with Crippen molar-refractivity contribution in [3.63, 3.8) is 0 Å². The molecule has 7 nitrogen and oxygen atoms in total. The number of rotatable bonds is 6. The summed E-state index contributed by atoms with van der Waals surface area (Å²) in [5.41, 5.74) is 4.66. The average molecular weight is 403 g/mol. The monoisotopic (exact) mass is 403 g/mol. The number of morpholine rings is 1. The van der Waals surface area contributed by atoms with Crippen LogP contribution in [0, 0.1) is 0 Å². The summed E-state index contributed by atoms with van der Waals surface area (Å²) in [4.78, 5) is 22.8. The fourth-order valence-corrected chi connectivity index (χ4v) is 3.26. The number of aromatic nitrogens is 2. The first-order valence-corrected chi connectivity index (χ1v) is 10.1. The lowest BCUT2D eigenvalue weighted by atomic mass is 10.1. The highest BCUT2D eigenvalue weighted by Crippen LogP contribution is 2.23. The molecule has 4 rings (SSSR count). The molecule has 2 heterocycles. The van der Waals surface area contributed by atoms with E-state index in [1.54, 1.807) is 6.20 Å². The molecule has 1 aromatic heterocycles. The Morgan fingerprint density at radius 3 is 2.40 bits per heavy atom. The molecule has 1 aliphatic heterocycles. The van der Waals surface area contributed by atoms with E-state index in [-0.39, 0.29) is 5.91 Å². The van der Waals surface area contributed by atoms with E-state index < -0.39 is 0 Å². The quantitative estimate of drug-likeness (QED) is 0.646. The standard InChI is InChI=1S/C23H25N5O2/c1-2-22(29)25-18-5-3-17(4-6-18)21-11-12-24-23(27-21)26-19-7-9-20(10-8-19)28-13-15-30-16-14-28/h3-12H,2,13-16H2,1H3,(H,25,29)(H,24,26,27). The molecule has 30 heavy (non-hydrogen) atoms. The zero-order valence-corrected chi connectivity index (χ0v) is 17.0. The van der Waals surface area contributed by atoms with Crippen molar-refractivity contribution in [3.05, 3.63) is 60.8 Å². The number of hydrogen-bond acceptors (Lipinski definition) is 6. The molecule has 0 spiro atoms. The molecule has 0 atom stereocenters. The average Bonchev–Trinajstić information content (AvgIpc) is 2.81. The zero-order valence-electron chi connectivity index (χ0n) is 17.0. The molecule has 1 aliphatic rings. The summed E-state index contributed by atoms with van der Waals surface area (Å²) in [6, 6.07) is 17.8. The van der Waals surface area contributed by atoms with E-state index in [4.69, 9.17) is 4.74 Å². The van der Waals surface area contributed by atoms with Gasteiger partial charge in [0.25, 0.3) is 0 Å². The first-order chi connectivity index (χ1) is 14.7. The Morgan fingerprint density at radius 2 is 1.70 bits per heavy atom. The lowest BCUT2D eigenvalue weighted by Gasteiger charge is -2.28. The summed E-state index contributed by atoms with van der Waals surface area (Å²) in [6.45, 7) is 5.20. The van der Waals surface area contributed by atoms with Gasteiger partial charge in [-0.2, -0.15) is 0 Å². The Hall–Kier alpha value is -3.45. The summed E-state index contributed by atoms with van der Waals surface area (Å²) >= 11 is 0. The molecule has 7 heteroatoms. The van der Waals surface area contributed by atoms with Gasteiger partial charge in [-0.25, -0.2) is 9.97 Å². The van der Waals surface area contributed by atoms with Crippen LogP contribution in [0.25, 0.3) is 11.3 Å². The number of benzene rings is 2. The summed E-state index contributed by atoms with van der Waals surface area (Å²) in [7, 11) is 0. The zero-order chi connectivity index (χ0) is 20.8. The number of amides is 1. The third-order valence-electron chi connectivity index (χ3n) is 4.94. The number of nitrogens with zero attached hydrogens (tertiary/aromatic N) is 3. The Morgan fingerprint density at radius 1 is 1.00 bits per heavy atom. The van der Waals surface area contributed by atoms with Crippen molar-refractivity contribution in [2.75, 3.05) is 41.8 Å². The van der Waals surface area contributed by atoms with Crippen LogP contribution in [-0.2, 0) is 9.53 Å². The van der Waals surface area contributed by atoms with Gasteiger partial charge in [0.15, 0.2) is 0 Å². The minimum Gasteiger partial charge on any atom is -0.378 e. The summed E-state index contributed by atoms with van der Waals surface area (Å²) in [6.07, 6.45) is 2.19. The number of carbonyl (C=O) groups is 1. The molecule has 0 unspecified atom stereocenters. The molecule has 1 amide bonds. The molecule has 2 N–H and O–H groups in total. The van der Waals surface area contributed by atoms with Crippen LogP contribution in [0.2, 0.25) is 0 Å². The van der Waals surface area contributed by atoms with Crippen molar-refractivity contribution < 1.29 is 9.53 Å². The Labute approximate surface area is 176 Å². The molecule has 154 valence electrons. The van der Waals surface area contributed by atoms with Crippen LogP contribution >= 0.6 is 0 Å². The van der Waals surface area contributed by atoms with E-state index in [0.29, 0.717) is 12.4 Å². The molecule has 0 aliphatic carbocycles. The van der Waals surface area contributed by atoms with Crippen molar-refractivity contribution in [3.8, 4) is 11.3 Å². The molecule has 0 radical (unpaired) electrons. The number of hydrogen-bond donors (Lipinski definition) is 2. The van der Waals surface area contributed by atoms with Crippen LogP contribution in [0.5, 0.6) is 0 Å². The molecule has 3 aromatic rings. The molecular weight excluding hydrogens is 378 g/mol. The van der Waals surface area contributed by atoms with Gasteiger partial charge < -0.3 is 20.3 Å². The third kappa shape index (κ3) is 4.93. The highest BCUT2D eigenvalue weighted by molar-refractivity contribution is 5.90. The lowest BCUT2D eigenvalue weighted by molar-refractivity contribution is -0.115. The van der Waals surface area contributed by atoms with Gasteiger partial charge in [0, 0.05) is 48.3 Å². The topological polar surface area (TPSA) is 79.4 Å². The van der Waals surface area contributed by atoms with Crippen LogP contribution < -0.4 is 15.5 Å². The summed E-state index contributed by atoms with van der Waals surface area (Å²) < 4.78 is 5.41. The molecule has 0 saturated carbocycles. The van der Waals surface area contributed by atoms with Gasteiger partial charge in [-0.05, 0) is 42.5 Å². The van der Waals surface area contributed by atoms with Crippen molar-refractivity contribution >= 4 is 28.9 Å². The second kappa shape index (κ2) is 9.37. The van der Waals surface area contributed by atoms with E-state index >= 15 is 0 Å². The second-order valence-electron chi connectivity index (χ2n) is 7.02. The van der Waals surface area contributed by atoms with Gasteiger partial charge >= 0.3 is 0 Å². The van der Waals surface area contributed by atoms with Gasteiger partial charge in [0.2, 0.25) is 11.9 Å². The molecule has 2 aromatic carbocycles. The molecule has 1 saturated heterocycles. The van der Waals surface area contributed by atoms with Gasteiger partial charge in [-0.1, -0.05) is 19.1 Å². The first kappa shape index (κ1) is 19.8. The minimum atomic E-state index is -0.00379. The van der Waals surface area contributed by atoms with Crippen LogP contribution in [0.1, 0.15) is 13.3 Å². The molecule has 0 bridgehead atoms. The van der Waals surface area contributed by atoms with E-state index in [9.17, 15) is 4.79 Å². The normalized spacial score (nSPS) is 13.7. The van der Waals surface area contributed by atoms with E-state index in [2.05, 4.69) is 37.6 Å². The SMILES string of the molecule is CCC(=O)Nc1ccc(-c2ccnc(Nc3ccc(N4CCOCC4)cc3)n2)cc1. The highest BCUT2D eigenvalue weighted by atomic mass is 16.5. The Kier molecular flexibility index (Phi) is 6.20. The lowest BCUT2D eigenvalue weighted by Crippen LogP contribution is -2.36. The Balaban J connectivity index is 1.43. The predicted octanol–water partition coefficient (Wildman–Crippen LogP) is 4.07. The van der Waals surface area contributed by atoms with E-state index in [0.717, 1.165) is 48.9 Å². The van der Waals surface area contributed by atoms with Crippen LogP contribution in [0.4, 0.5) is 23.0 Å². The second-order valence-corrected chi connectivity index (χ2v) is 7.02. The van der Waals surface area contributed by atoms with Gasteiger partial charge in [-0.15, -0.1) is 0 Å². The first-order valence-electron chi connectivity index (χ1n) is 10.1. The van der Waals surface area contributed by atoms with Crippen LogP contribution in [0.15, 0.2) is 60.8 Å². The largest absolute Gasteiger partial charge is 0.378 e. The molecular formula is C23H25N5O2. The van der Waals surface area contributed by atoms with Crippen molar-refractivity contribution in [2.45, 2.75) is 13.3 Å².